The van der Waals surface area contributed by atoms with Gasteiger partial charge in [-0.05, 0) is 24.1 Å². The van der Waals surface area contributed by atoms with Gasteiger partial charge in [-0.3, -0.25) is 10.1 Å². The van der Waals surface area contributed by atoms with Crippen LogP contribution in [0.5, 0.6) is 0 Å². The van der Waals surface area contributed by atoms with Gasteiger partial charge in [-0.15, -0.1) is 0 Å². The lowest BCUT2D eigenvalue weighted by Crippen LogP contribution is -1.91. The van der Waals surface area contributed by atoms with Crippen molar-refractivity contribution in [3.63, 3.8) is 0 Å². The van der Waals surface area contributed by atoms with Crippen LogP contribution < -0.4 is 5.73 Å². The molecule has 100 valence electrons. The smallest absolute Gasteiger partial charge is 0.153 e. The van der Waals surface area contributed by atoms with E-state index in [2.05, 4.69) is 15.2 Å². The molecule has 0 saturated heterocycles. The minimum Gasteiger partial charge on any atom is -0.382 e. The fraction of sp³-hybridized carbons (Fsp3) is 0.0667. The number of aromatic nitrogens is 3. The molecular formula is C15H13FN4. The van der Waals surface area contributed by atoms with Crippen molar-refractivity contribution in [2.75, 3.05) is 5.73 Å². The van der Waals surface area contributed by atoms with Gasteiger partial charge in [-0.1, -0.05) is 24.3 Å². The first-order valence-electron chi connectivity index (χ1n) is 6.17. The van der Waals surface area contributed by atoms with E-state index in [1.807, 2.05) is 31.2 Å². The second-order valence-electron chi connectivity index (χ2n) is 4.57. The lowest BCUT2D eigenvalue weighted by Gasteiger charge is -2.07. The van der Waals surface area contributed by atoms with Gasteiger partial charge < -0.3 is 5.73 Å². The number of aryl methyl sites for hydroxylation is 1. The van der Waals surface area contributed by atoms with Gasteiger partial charge in [0, 0.05) is 11.8 Å². The van der Waals surface area contributed by atoms with Crippen LogP contribution >= 0.6 is 0 Å². The first-order valence-corrected chi connectivity index (χ1v) is 6.17. The number of aromatic amines is 1. The van der Waals surface area contributed by atoms with Crippen molar-refractivity contribution >= 4 is 5.82 Å². The molecule has 0 aliphatic rings. The second-order valence-corrected chi connectivity index (χ2v) is 4.57. The maximum Gasteiger partial charge on any atom is 0.153 e. The van der Waals surface area contributed by atoms with E-state index in [-0.39, 0.29) is 0 Å². The number of pyridine rings is 1. The summed E-state index contributed by atoms with van der Waals surface area (Å²) in [6.45, 7) is 2.00. The van der Waals surface area contributed by atoms with Gasteiger partial charge in [0.15, 0.2) is 5.82 Å². The third-order valence-corrected chi connectivity index (χ3v) is 3.20. The van der Waals surface area contributed by atoms with E-state index in [9.17, 15) is 4.39 Å². The van der Waals surface area contributed by atoms with E-state index >= 15 is 0 Å². The Morgan fingerprint density at radius 3 is 2.75 bits per heavy atom. The summed E-state index contributed by atoms with van der Waals surface area (Å²) in [5.74, 6) is -0.00929. The Morgan fingerprint density at radius 2 is 2.00 bits per heavy atom. The number of halogens is 1. The van der Waals surface area contributed by atoms with E-state index in [0.717, 1.165) is 22.9 Å². The van der Waals surface area contributed by atoms with Gasteiger partial charge in [0.05, 0.1) is 17.5 Å². The van der Waals surface area contributed by atoms with E-state index in [1.165, 1.54) is 6.07 Å². The summed E-state index contributed by atoms with van der Waals surface area (Å²) in [7, 11) is 0. The van der Waals surface area contributed by atoms with Gasteiger partial charge in [-0.2, -0.15) is 5.10 Å². The van der Waals surface area contributed by atoms with Crippen LogP contribution in [0.1, 0.15) is 5.56 Å². The summed E-state index contributed by atoms with van der Waals surface area (Å²) < 4.78 is 13.3. The van der Waals surface area contributed by atoms with Crippen molar-refractivity contribution in [1.82, 2.24) is 15.2 Å². The number of benzene rings is 1. The molecule has 0 saturated carbocycles. The number of hydrogen-bond acceptors (Lipinski definition) is 3. The third-order valence-electron chi connectivity index (χ3n) is 3.20. The summed E-state index contributed by atoms with van der Waals surface area (Å²) in [4.78, 5) is 3.86. The average Bonchev–Trinajstić information content (AvgIpc) is 2.81. The molecule has 0 spiro atoms. The highest BCUT2D eigenvalue weighted by Crippen LogP contribution is 2.36. The van der Waals surface area contributed by atoms with Gasteiger partial charge >= 0.3 is 0 Å². The molecule has 0 atom stereocenters. The molecule has 0 fully saturated rings. The summed E-state index contributed by atoms with van der Waals surface area (Å²) >= 11 is 0. The number of nitrogens with one attached hydrogen (secondary N) is 1. The molecule has 5 heteroatoms. The molecule has 0 radical (unpaired) electrons. The molecule has 0 aliphatic heterocycles. The van der Waals surface area contributed by atoms with E-state index in [0.29, 0.717) is 17.1 Å². The Balaban J connectivity index is 2.23. The minimum atomic E-state index is -0.397. The summed E-state index contributed by atoms with van der Waals surface area (Å²) in [5, 5.41) is 6.90. The zero-order valence-electron chi connectivity index (χ0n) is 10.9. The largest absolute Gasteiger partial charge is 0.382 e. The molecular weight excluding hydrogens is 255 g/mol. The molecule has 0 unspecified atom stereocenters. The van der Waals surface area contributed by atoms with Crippen LogP contribution in [0.25, 0.3) is 22.4 Å². The molecule has 20 heavy (non-hydrogen) atoms. The molecule has 3 aromatic rings. The summed E-state index contributed by atoms with van der Waals surface area (Å²) in [6, 6.07) is 9.25. The highest BCUT2D eigenvalue weighted by atomic mass is 19.1. The Morgan fingerprint density at radius 1 is 1.20 bits per heavy atom. The first-order chi connectivity index (χ1) is 9.66. The summed E-state index contributed by atoms with van der Waals surface area (Å²) in [6.07, 6.45) is 2.74. The Bertz CT molecular complexity index is 764. The van der Waals surface area contributed by atoms with Crippen molar-refractivity contribution in [2.24, 2.45) is 0 Å². The zero-order chi connectivity index (χ0) is 14.1. The van der Waals surface area contributed by atoms with Crippen molar-refractivity contribution < 1.29 is 4.39 Å². The van der Waals surface area contributed by atoms with Crippen molar-refractivity contribution in [2.45, 2.75) is 6.92 Å². The first kappa shape index (κ1) is 12.3. The van der Waals surface area contributed by atoms with Crippen molar-refractivity contribution in [3.8, 4) is 22.4 Å². The average molecular weight is 268 g/mol. The van der Waals surface area contributed by atoms with Gasteiger partial charge in [0.2, 0.25) is 0 Å². The summed E-state index contributed by atoms with van der Waals surface area (Å²) in [5.41, 5.74) is 10.1. The van der Waals surface area contributed by atoms with E-state index in [4.69, 9.17) is 5.73 Å². The van der Waals surface area contributed by atoms with Crippen molar-refractivity contribution in [1.29, 1.82) is 0 Å². The van der Waals surface area contributed by atoms with E-state index in [1.54, 1.807) is 6.20 Å². The topological polar surface area (TPSA) is 67.6 Å². The van der Waals surface area contributed by atoms with Crippen LogP contribution in [0.15, 0.2) is 42.7 Å². The third kappa shape index (κ3) is 2.03. The lowest BCUT2D eigenvalue weighted by molar-refractivity contribution is 0.622. The fourth-order valence-corrected chi connectivity index (χ4v) is 2.24. The molecule has 4 nitrogen and oxygen atoms in total. The lowest BCUT2D eigenvalue weighted by atomic mass is 9.98. The minimum absolute atomic E-state index is 0.388. The van der Waals surface area contributed by atoms with Gasteiger partial charge in [0.1, 0.15) is 5.82 Å². The quantitative estimate of drug-likeness (QED) is 0.750. The molecule has 0 aliphatic carbocycles. The standard InChI is InChI=1S/C15H13FN4/c1-9-4-2-3-5-12(9)13-14(19-20-15(13)17)10-6-11(16)8-18-7-10/h2-8H,1H3,(H3,17,19,20). The van der Waals surface area contributed by atoms with Crippen LogP contribution in [-0.2, 0) is 0 Å². The maximum atomic E-state index is 13.3. The maximum absolute atomic E-state index is 13.3. The number of nitrogens with two attached hydrogens (primary N) is 1. The number of rotatable bonds is 2. The number of nitrogens with zero attached hydrogens (tertiary/aromatic N) is 2. The monoisotopic (exact) mass is 268 g/mol. The van der Waals surface area contributed by atoms with Crippen molar-refractivity contribution in [3.05, 3.63) is 54.1 Å². The number of hydrogen-bond donors (Lipinski definition) is 2. The van der Waals surface area contributed by atoms with Crippen LogP contribution in [0.3, 0.4) is 0 Å². The highest BCUT2D eigenvalue weighted by Gasteiger charge is 2.16. The number of H-pyrrole nitrogens is 1. The van der Waals surface area contributed by atoms with E-state index < -0.39 is 5.82 Å². The molecule has 3 rings (SSSR count). The fourth-order valence-electron chi connectivity index (χ4n) is 2.24. The normalized spacial score (nSPS) is 10.7. The predicted molar refractivity (Wildman–Crippen MR) is 76.4 cm³/mol. The molecule has 2 aromatic heterocycles. The Hall–Kier alpha value is -2.69. The number of anilines is 1. The Kier molecular flexibility index (Phi) is 2.95. The Labute approximate surface area is 115 Å². The second kappa shape index (κ2) is 4.77. The predicted octanol–water partition coefficient (Wildman–Crippen LogP) is 3.17. The zero-order valence-corrected chi connectivity index (χ0v) is 10.9. The SMILES string of the molecule is Cc1ccccc1-c1c(N)n[nH]c1-c1cncc(F)c1. The van der Waals surface area contributed by atoms with Crippen LogP contribution in [-0.4, -0.2) is 15.2 Å². The molecule has 1 aromatic carbocycles. The molecule has 2 heterocycles. The molecule has 3 N–H and O–H groups in total. The van der Waals surface area contributed by atoms with Crippen LogP contribution in [0.4, 0.5) is 10.2 Å². The number of nitrogen functional groups attached to an aromatic ring is 1. The highest BCUT2D eigenvalue weighted by molar-refractivity contribution is 5.88. The van der Waals surface area contributed by atoms with Gasteiger partial charge in [0.25, 0.3) is 0 Å². The van der Waals surface area contributed by atoms with Crippen LogP contribution in [0, 0.1) is 12.7 Å². The molecule has 0 bridgehead atoms. The molecule has 0 amide bonds. The van der Waals surface area contributed by atoms with Gasteiger partial charge in [-0.25, -0.2) is 4.39 Å². The van der Waals surface area contributed by atoms with Crippen LogP contribution in [0.2, 0.25) is 0 Å².